The Morgan fingerprint density at radius 1 is 1.54 bits per heavy atom. The molecule has 1 unspecified atom stereocenters. The zero-order chi connectivity index (χ0) is 10.1. The van der Waals surface area contributed by atoms with E-state index in [1.54, 1.807) is 0 Å². The molecule has 0 heterocycles. The van der Waals surface area contributed by atoms with Gasteiger partial charge in [-0.05, 0) is 39.3 Å². The first-order chi connectivity index (χ1) is 6.20. The molecule has 0 saturated heterocycles. The van der Waals surface area contributed by atoms with E-state index in [-0.39, 0.29) is 0 Å². The summed E-state index contributed by atoms with van der Waals surface area (Å²) < 4.78 is 0. The Balaban J connectivity index is 3.54. The van der Waals surface area contributed by atoms with Gasteiger partial charge in [-0.2, -0.15) is 0 Å². The molecule has 76 valence electrons. The second kappa shape index (κ2) is 8.06. The van der Waals surface area contributed by atoms with Gasteiger partial charge in [0.1, 0.15) is 0 Å². The van der Waals surface area contributed by atoms with Crippen LogP contribution in [0, 0.1) is 5.92 Å². The second-order valence-corrected chi connectivity index (χ2v) is 3.66. The van der Waals surface area contributed by atoms with Crippen LogP contribution in [0.4, 0.5) is 0 Å². The molecule has 0 aromatic heterocycles. The summed E-state index contributed by atoms with van der Waals surface area (Å²) in [4.78, 5) is 0. The molecule has 0 spiro atoms. The number of hydrogen-bond donors (Lipinski definition) is 1. The van der Waals surface area contributed by atoms with E-state index in [1.165, 1.54) is 19.3 Å². The first kappa shape index (κ1) is 12.4. The zero-order valence-corrected chi connectivity index (χ0v) is 9.27. The molecule has 0 fully saturated rings. The van der Waals surface area contributed by atoms with Crippen LogP contribution in [0.2, 0.25) is 0 Å². The first-order valence-electron chi connectivity index (χ1n) is 5.17. The highest BCUT2D eigenvalue weighted by atomic mass is 14.8. The van der Waals surface area contributed by atoms with Crippen LogP contribution >= 0.6 is 0 Å². The van der Waals surface area contributed by atoms with Crippen molar-refractivity contribution in [1.29, 1.82) is 0 Å². The van der Waals surface area contributed by atoms with E-state index in [0.29, 0.717) is 0 Å². The van der Waals surface area contributed by atoms with Crippen LogP contribution in [0.15, 0.2) is 24.3 Å². The van der Waals surface area contributed by atoms with Crippen molar-refractivity contribution >= 4 is 0 Å². The summed E-state index contributed by atoms with van der Waals surface area (Å²) in [6.45, 7) is 9.25. The Hall–Kier alpha value is -0.560. The molecule has 1 atom stereocenters. The number of rotatable bonds is 7. The van der Waals surface area contributed by atoms with Crippen molar-refractivity contribution in [3.63, 3.8) is 0 Å². The van der Waals surface area contributed by atoms with Gasteiger partial charge in [0, 0.05) is 0 Å². The van der Waals surface area contributed by atoms with E-state index >= 15 is 0 Å². The van der Waals surface area contributed by atoms with Crippen LogP contribution in [0.5, 0.6) is 0 Å². The fourth-order valence-electron chi connectivity index (χ4n) is 1.36. The maximum Gasteiger partial charge on any atom is -0.00235 e. The van der Waals surface area contributed by atoms with Crippen LogP contribution in [-0.2, 0) is 0 Å². The summed E-state index contributed by atoms with van der Waals surface area (Å²) in [6, 6.07) is 0. The van der Waals surface area contributed by atoms with E-state index in [9.17, 15) is 0 Å². The van der Waals surface area contributed by atoms with E-state index in [2.05, 4.69) is 31.0 Å². The molecule has 0 radical (unpaired) electrons. The highest BCUT2D eigenvalue weighted by molar-refractivity contribution is 5.10. The van der Waals surface area contributed by atoms with Gasteiger partial charge in [-0.3, -0.25) is 0 Å². The summed E-state index contributed by atoms with van der Waals surface area (Å²) in [5.41, 5.74) is 1.14. The summed E-state index contributed by atoms with van der Waals surface area (Å²) in [6.07, 6.45) is 8.04. The second-order valence-electron chi connectivity index (χ2n) is 3.66. The Morgan fingerprint density at radius 2 is 2.23 bits per heavy atom. The van der Waals surface area contributed by atoms with Crippen LogP contribution in [0.1, 0.15) is 33.1 Å². The summed E-state index contributed by atoms with van der Waals surface area (Å²) in [7, 11) is 2.02. The lowest BCUT2D eigenvalue weighted by Crippen LogP contribution is -2.17. The largest absolute Gasteiger partial charge is 0.319 e. The minimum atomic E-state index is 0.819. The minimum absolute atomic E-state index is 0.819. The fraction of sp³-hybridized carbons (Fsp3) is 0.667. The minimum Gasteiger partial charge on any atom is -0.319 e. The Kier molecular flexibility index (Phi) is 7.71. The van der Waals surface area contributed by atoms with Crippen LogP contribution < -0.4 is 5.32 Å². The van der Waals surface area contributed by atoms with Crippen LogP contribution in [-0.4, -0.2) is 13.6 Å². The summed E-state index contributed by atoms with van der Waals surface area (Å²) >= 11 is 0. The van der Waals surface area contributed by atoms with E-state index in [1.807, 2.05) is 14.0 Å². The number of hydrogen-bond acceptors (Lipinski definition) is 1. The van der Waals surface area contributed by atoms with Gasteiger partial charge in [-0.15, -0.1) is 0 Å². The summed E-state index contributed by atoms with van der Waals surface area (Å²) in [5.74, 6) is 0.819. The van der Waals surface area contributed by atoms with Gasteiger partial charge >= 0.3 is 0 Å². The molecule has 0 aliphatic heterocycles. The smallest absolute Gasteiger partial charge is 0.00235 e. The Bertz CT molecular complexity index is 159. The molecule has 0 aromatic carbocycles. The quantitative estimate of drug-likeness (QED) is 0.595. The third kappa shape index (κ3) is 7.79. The van der Waals surface area contributed by atoms with Crippen molar-refractivity contribution in [3.05, 3.63) is 24.3 Å². The van der Waals surface area contributed by atoms with Gasteiger partial charge in [0.05, 0.1) is 0 Å². The summed E-state index contributed by atoms with van der Waals surface area (Å²) in [5, 5.41) is 3.23. The maximum absolute atomic E-state index is 3.83. The monoisotopic (exact) mass is 181 g/mol. The Morgan fingerprint density at radius 3 is 2.69 bits per heavy atom. The SMILES string of the molecule is C=C(C)/C=C\CCC(CC)CNC. The van der Waals surface area contributed by atoms with Gasteiger partial charge < -0.3 is 5.32 Å². The van der Waals surface area contributed by atoms with Crippen molar-refractivity contribution < 1.29 is 0 Å². The number of nitrogens with one attached hydrogen (secondary N) is 1. The normalized spacial score (nSPS) is 13.5. The van der Waals surface area contributed by atoms with Gasteiger partial charge in [0.25, 0.3) is 0 Å². The molecule has 0 aromatic rings. The molecule has 1 heteroatoms. The number of allylic oxidation sites excluding steroid dienone is 3. The lowest BCUT2D eigenvalue weighted by molar-refractivity contribution is 0.454. The lowest BCUT2D eigenvalue weighted by Gasteiger charge is -2.12. The molecule has 0 aliphatic carbocycles. The van der Waals surface area contributed by atoms with E-state index < -0.39 is 0 Å². The molecule has 0 amide bonds. The van der Waals surface area contributed by atoms with Gasteiger partial charge in [-0.25, -0.2) is 0 Å². The molecule has 0 bridgehead atoms. The molecule has 0 rings (SSSR count). The Labute approximate surface area is 82.9 Å². The molecule has 13 heavy (non-hydrogen) atoms. The topological polar surface area (TPSA) is 12.0 Å². The third-order valence-corrected chi connectivity index (χ3v) is 2.21. The highest BCUT2D eigenvalue weighted by Gasteiger charge is 2.02. The standard InChI is InChI=1S/C12H23N/c1-5-12(10-13-4)9-7-6-8-11(2)3/h6,8,12-13H,2,5,7,9-10H2,1,3-4H3/b8-6-. The van der Waals surface area contributed by atoms with E-state index in [0.717, 1.165) is 18.0 Å². The van der Waals surface area contributed by atoms with E-state index in [4.69, 9.17) is 0 Å². The lowest BCUT2D eigenvalue weighted by atomic mass is 10.00. The average molecular weight is 181 g/mol. The first-order valence-corrected chi connectivity index (χ1v) is 5.17. The fourth-order valence-corrected chi connectivity index (χ4v) is 1.36. The van der Waals surface area contributed by atoms with Crippen molar-refractivity contribution in [2.45, 2.75) is 33.1 Å². The predicted molar refractivity (Wildman–Crippen MR) is 60.9 cm³/mol. The molecule has 1 nitrogen and oxygen atoms in total. The van der Waals surface area contributed by atoms with Crippen molar-refractivity contribution in [2.24, 2.45) is 5.92 Å². The molecular formula is C12H23N. The van der Waals surface area contributed by atoms with Gasteiger partial charge in [-0.1, -0.05) is 37.6 Å². The van der Waals surface area contributed by atoms with Crippen LogP contribution in [0.25, 0.3) is 0 Å². The zero-order valence-electron chi connectivity index (χ0n) is 9.27. The van der Waals surface area contributed by atoms with Crippen LogP contribution in [0.3, 0.4) is 0 Å². The third-order valence-electron chi connectivity index (χ3n) is 2.21. The molecular weight excluding hydrogens is 158 g/mol. The highest BCUT2D eigenvalue weighted by Crippen LogP contribution is 2.10. The van der Waals surface area contributed by atoms with Crippen molar-refractivity contribution in [3.8, 4) is 0 Å². The van der Waals surface area contributed by atoms with Crippen molar-refractivity contribution in [1.82, 2.24) is 5.32 Å². The molecule has 0 saturated carbocycles. The molecule has 1 N–H and O–H groups in total. The molecule has 0 aliphatic rings. The van der Waals surface area contributed by atoms with Crippen molar-refractivity contribution in [2.75, 3.05) is 13.6 Å². The van der Waals surface area contributed by atoms with Gasteiger partial charge in [0.15, 0.2) is 0 Å². The average Bonchev–Trinajstić information content (AvgIpc) is 2.10. The predicted octanol–water partition coefficient (Wildman–Crippen LogP) is 3.14. The van der Waals surface area contributed by atoms with Gasteiger partial charge in [0.2, 0.25) is 0 Å². The maximum atomic E-state index is 3.83.